The molecule has 0 atom stereocenters. The molecule has 0 aromatic rings. The minimum Gasteiger partial charge on any atom is -0.462 e. The Morgan fingerprint density at radius 2 is 1.22 bits per heavy atom. The first-order valence-corrected chi connectivity index (χ1v) is 12.0. The number of hydrogen-bond donors (Lipinski definition) is 0. The highest BCUT2D eigenvalue weighted by molar-refractivity contribution is 5.86. The monoisotopic (exact) mass is 378 g/mol. The van der Waals surface area contributed by atoms with Crippen molar-refractivity contribution in [2.45, 2.75) is 123 Å². The molecule has 0 heterocycles. The lowest BCUT2D eigenvalue weighted by atomic mass is 9.78. The zero-order valence-electron chi connectivity index (χ0n) is 18.4. The summed E-state index contributed by atoms with van der Waals surface area (Å²) in [6.45, 7) is 8.15. The largest absolute Gasteiger partial charge is 0.462 e. The van der Waals surface area contributed by atoms with E-state index in [4.69, 9.17) is 4.74 Å². The lowest BCUT2D eigenvalue weighted by molar-refractivity contribution is -0.139. The van der Waals surface area contributed by atoms with Gasteiger partial charge in [0.15, 0.2) is 0 Å². The van der Waals surface area contributed by atoms with E-state index in [9.17, 15) is 4.79 Å². The molecule has 0 radical (unpaired) electrons. The number of hydrogen-bond acceptors (Lipinski definition) is 2. The summed E-state index contributed by atoms with van der Waals surface area (Å²) >= 11 is 0. The van der Waals surface area contributed by atoms with Gasteiger partial charge < -0.3 is 4.74 Å². The smallest absolute Gasteiger partial charge is 0.333 e. The summed E-state index contributed by atoms with van der Waals surface area (Å²) in [5, 5.41) is 0. The first-order chi connectivity index (χ1) is 13.1. The number of rotatable bonds is 16. The van der Waals surface area contributed by atoms with Crippen molar-refractivity contribution in [3.63, 3.8) is 0 Å². The SMILES string of the molecule is C=C(C)C(=O)OCCCCCC1CCC(CCCCCCCCCC)CC1. The molecular formula is C25H46O2. The van der Waals surface area contributed by atoms with E-state index in [2.05, 4.69) is 13.5 Å². The van der Waals surface area contributed by atoms with Gasteiger partial charge in [0.25, 0.3) is 0 Å². The topological polar surface area (TPSA) is 26.3 Å². The second kappa shape index (κ2) is 16.2. The molecule has 0 N–H and O–H groups in total. The van der Waals surface area contributed by atoms with Crippen molar-refractivity contribution in [2.24, 2.45) is 11.8 Å². The number of carbonyl (C=O) groups excluding carboxylic acids is 1. The van der Waals surface area contributed by atoms with Crippen molar-refractivity contribution in [3.05, 3.63) is 12.2 Å². The zero-order chi connectivity index (χ0) is 19.7. The normalized spacial score (nSPS) is 19.8. The molecule has 0 unspecified atom stereocenters. The number of ether oxygens (including phenoxy) is 1. The quantitative estimate of drug-likeness (QED) is 0.154. The van der Waals surface area contributed by atoms with Crippen molar-refractivity contribution < 1.29 is 9.53 Å². The fourth-order valence-corrected chi connectivity index (χ4v) is 4.38. The van der Waals surface area contributed by atoms with Gasteiger partial charge in [-0.05, 0) is 25.2 Å². The van der Waals surface area contributed by atoms with Gasteiger partial charge in [-0.3, -0.25) is 0 Å². The third-order valence-electron chi connectivity index (χ3n) is 6.27. The molecule has 0 aliphatic heterocycles. The standard InChI is InChI=1S/C25H46O2/c1-4-5-6-7-8-9-10-12-15-23-17-19-24(20-18-23)16-13-11-14-21-27-25(26)22(2)3/h23-24H,2,4-21H2,1,3H3. The average molecular weight is 379 g/mol. The van der Waals surface area contributed by atoms with E-state index in [1.165, 1.54) is 103 Å². The molecule has 0 bridgehead atoms. The molecule has 2 heteroatoms. The molecule has 0 aromatic heterocycles. The number of unbranched alkanes of at least 4 members (excludes halogenated alkanes) is 9. The van der Waals surface area contributed by atoms with Gasteiger partial charge in [-0.15, -0.1) is 0 Å². The number of carbonyl (C=O) groups is 1. The van der Waals surface area contributed by atoms with Crippen LogP contribution in [0.1, 0.15) is 123 Å². The van der Waals surface area contributed by atoms with Gasteiger partial charge in [0.2, 0.25) is 0 Å². The van der Waals surface area contributed by atoms with Crippen molar-refractivity contribution >= 4 is 5.97 Å². The molecule has 1 aliphatic carbocycles. The van der Waals surface area contributed by atoms with Crippen molar-refractivity contribution in [2.75, 3.05) is 6.61 Å². The molecular weight excluding hydrogens is 332 g/mol. The maximum atomic E-state index is 11.3. The van der Waals surface area contributed by atoms with Crippen LogP contribution in [0.3, 0.4) is 0 Å². The molecule has 1 rings (SSSR count). The van der Waals surface area contributed by atoms with E-state index in [0.29, 0.717) is 12.2 Å². The summed E-state index contributed by atoms with van der Waals surface area (Å²) in [6, 6.07) is 0. The third kappa shape index (κ3) is 13.1. The third-order valence-corrected chi connectivity index (χ3v) is 6.27. The second-order valence-corrected chi connectivity index (χ2v) is 8.92. The van der Waals surface area contributed by atoms with Crippen LogP contribution >= 0.6 is 0 Å². The Morgan fingerprint density at radius 3 is 1.70 bits per heavy atom. The van der Waals surface area contributed by atoms with Crippen LogP contribution in [0.4, 0.5) is 0 Å². The van der Waals surface area contributed by atoms with Crippen molar-refractivity contribution in [3.8, 4) is 0 Å². The van der Waals surface area contributed by atoms with E-state index in [1.807, 2.05) is 0 Å². The summed E-state index contributed by atoms with van der Waals surface area (Å²) in [5.41, 5.74) is 0.499. The predicted octanol–water partition coefficient (Wildman–Crippen LogP) is 8.00. The van der Waals surface area contributed by atoms with Gasteiger partial charge in [0.1, 0.15) is 0 Å². The first kappa shape index (κ1) is 24.2. The summed E-state index contributed by atoms with van der Waals surface area (Å²) in [5.74, 6) is 1.73. The minimum absolute atomic E-state index is 0.246. The molecule has 1 fully saturated rings. The van der Waals surface area contributed by atoms with Crippen LogP contribution in [0, 0.1) is 11.8 Å². The summed E-state index contributed by atoms with van der Waals surface area (Å²) in [6.07, 6.45) is 23.7. The van der Waals surface area contributed by atoms with Crippen LogP contribution in [0.2, 0.25) is 0 Å². The van der Waals surface area contributed by atoms with Gasteiger partial charge >= 0.3 is 5.97 Å². The maximum absolute atomic E-state index is 11.3. The lowest BCUT2D eigenvalue weighted by Gasteiger charge is -2.28. The number of esters is 1. The molecule has 27 heavy (non-hydrogen) atoms. The van der Waals surface area contributed by atoms with Gasteiger partial charge in [0, 0.05) is 5.57 Å². The fourth-order valence-electron chi connectivity index (χ4n) is 4.38. The second-order valence-electron chi connectivity index (χ2n) is 8.92. The maximum Gasteiger partial charge on any atom is 0.333 e. The molecule has 2 nitrogen and oxygen atoms in total. The Hall–Kier alpha value is -0.790. The molecule has 0 amide bonds. The molecule has 0 aromatic carbocycles. The molecule has 1 aliphatic rings. The molecule has 158 valence electrons. The highest BCUT2D eigenvalue weighted by Gasteiger charge is 2.20. The van der Waals surface area contributed by atoms with E-state index in [1.54, 1.807) is 6.92 Å². The van der Waals surface area contributed by atoms with Crippen LogP contribution in [0.15, 0.2) is 12.2 Å². The first-order valence-electron chi connectivity index (χ1n) is 12.0. The highest BCUT2D eigenvalue weighted by atomic mass is 16.5. The highest BCUT2D eigenvalue weighted by Crippen LogP contribution is 2.34. The molecule has 0 saturated heterocycles. The van der Waals surface area contributed by atoms with E-state index in [0.717, 1.165) is 18.3 Å². The molecule has 0 spiro atoms. The Kier molecular flexibility index (Phi) is 14.5. The Balaban J connectivity index is 1.89. The van der Waals surface area contributed by atoms with Crippen LogP contribution < -0.4 is 0 Å². The van der Waals surface area contributed by atoms with E-state index in [-0.39, 0.29) is 5.97 Å². The Bertz CT molecular complexity index is 380. The van der Waals surface area contributed by atoms with Gasteiger partial charge in [0.05, 0.1) is 6.61 Å². The summed E-state index contributed by atoms with van der Waals surface area (Å²) in [7, 11) is 0. The van der Waals surface area contributed by atoms with Crippen LogP contribution in [0.25, 0.3) is 0 Å². The summed E-state index contributed by atoms with van der Waals surface area (Å²) < 4.78 is 5.15. The van der Waals surface area contributed by atoms with Gasteiger partial charge in [-0.25, -0.2) is 4.79 Å². The fraction of sp³-hybridized carbons (Fsp3) is 0.880. The Morgan fingerprint density at radius 1 is 0.778 bits per heavy atom. The van der Waals surface area contributed by atoms with Crippen LogP contribution in [0.5, 0.6) is 0 Å². The van der Waals surface area contributed by atoms with Crippen molar-refractivity contribution in [1.82, 2.24) is 0 Å². The van der Waals surface area contributed by atoms with E-state index >= 15 is 0 Å². The lowest BCUT2D eigenvalue weighted by Crippen LogP contribution is -2.14. The Labute approximate surface area is 169 Å². The predicted molar refractivity (Wildman–Crippen MR) is 117 cm³/mol. The zero-order valence-corrected chi connectivity index (χ0v) is 18.4. The average Bonchev–Trinajstić information content (AvgIpc) is 2.67. The van der Waals surface area contributed by atoms with Gasteiger partial charge in [-0.1, -0.05) is 116 Å². The minimum atomic E-state index is -0.246. The van der Waals surface area contributed by atoms with E-state index < -0.39 is 0 Å². The van der Waals surface area contributed by atoms with Crippen LogP contribution in [-0.2, 0) is 9.53 Å². The van der Waals surface area contributed by atoms with Gasteiger partial charge in [-0.2, -0.15) is 0 Å². The summed E-state index contributed by atoms with van der Waals surface area (Å²) in [4.78, 5) is 11.3. The van der Waals surface area contributed by atoms with Crippen LogP contribution in [-0.4, -0.2) is 12.6 Å². The molecule has 1 saturated carbocycles. The van der Waals surface area contributed by atoms with Crippen molar-refractivity contribution in [1.29, 1.82) is 0 Å².